The molecule has 1 aliphatic heterocycles. The van der Waals surface area contributed by atoms with Gasteiger partial charge < -0.3 is 4.90 Å². The lowest BCUT2D eigenvalue weighted by Crippen LogP contribution is -2.39. The van der Waals surface area contributed by atoms with Crippen LogP contribution in [0.25, 0.3) is 0 Å². The summed E-state index contributed by atoms with van der Waals surface area (Å²) in [6.07, 6.45) is 13.1. The molecule has 0 aromatic heterocycles. The molecule has 0 amide bonds. The predicted molar refractivity (Wildman–Crippen MR) is 194 cm³/mol. The fourth-order valence-corrected chi connectivity index (χ4v) is 8.04. The van der Waals surface area contributed by atoms with E-state index in [9.17, 15) is 0 Å². The van der Waals surface area contributed by atoms with Crippen molar-refractivity contribution in [3.05, 3.63) is 12.2 Å². The van der Waals surface area contributed by atoms with Crippen LogP contribution in [0.3, 0.4) is 0 Å². The fraction of sp³-hybridized carbons (Fsp3) is 0.951. The van der Waals surface area contributed by atoms with Crippen LogP contribution in [-0.2, 0) is 0 Å². The number of allylic oxidation sites excluding steroid dienone is 2. The topological polar surface area (TPSA) is 3.24 Å². The number of rotatable bonds is 8. The van der Waals surface area contributed by atoms with Crippen LogP contribution in [0, 0.1) is 69.0 Å². The van der Waals surface area contributed by atoms with Gasteiger partial charge in [-0.2, -0.15) is 0 Å². The summed E-state index contributed by atoms with van der Waals surface area (Å²) in [4.78, 5) is 2.47. The maximum absolute atomic E-state index is 2.47. The molecule has 0 spiro atoms. The molecule has 1 nitrogen and oxygen atoms in total. The SMILES string of the molecule is CC(C)C(C)(C)C(C)C.CC(C)C1(C(C)C)CC=CC1.CC(C)C1(C(C)C)CCC1.CC(C)C1(C(C)C)CCN(C)C1. The van der Waals surface area contributed by atoms with Crippen molar-refractivity contribution in [2.45, 2.75) is 163 Å². The zero-order chi connectivity index (χ0) is 33.3. The molecule has 0 aromatic rings. The second-order valence-electron chi connectivity index (χ2n) is 18.0. The molecule has 42 heavy (non-hydrogen) atoms. The Hall–Kier alpha value is -0.300. The molecule has 0 aromatic carbocycles. The van der Waals surface area contributed by atoms with Crippen LogP contribution in [0.1, 0.15) is 163 Å². The lowest BCUT2D eigenvalue weighted by molar-refractivity contribution is 0.0135. The Morgan fingerprint density at radius 3 is 0.929 bits per heavy atom. The zero-order valence-corrected chi connectivity index (χ0v) is 32.9. The Morgan fingerprint density at radius 2 is 0.833 bits per heavy atom. The van der Waals surface area contributed by atoms with Gasteiger partial charge in [-0.05, 0) is 115 Å². The van der Waals surface area contributed by atoms with E-state index in [1.165, 1.54) is 51.6 Å². The third-order valence-electron chi connectivity index (χ3n) is 13.8. The van der Waals surface area contributed by atoms with Gasteiger partial charge in [0, 0.05) is 6.54 Å². The first-order valence-electron chi connectivity index (χ1n) is 18.4. The monoisotopic (exact) mass is 590 g/mol. The van der Waals surface area contributed by atoms with Crippen molar-refractivity contribution in [1.82, 2.24) is 4.90 Å². The van der Waals surface area contributed by atoms with Crippen molar-refractivity contribution in [2.75, 3.05) is 20.1 Å². The zero-order valence-electron chi connectivity index (χ0n) is 32.9. The Morgan fingerprint density at radius 1 is 0.500 bits per heavy atom. The van der Waals surface area contributed by atoms with E-state index in [0.717, 1.165) is 52.8 Å². The van der Waals surface area contributed by atoms with E-state index in [-0.39, 0.29) is 0 Å². The highest BCUT2D eigenvalue weighted by Crippen LogP contribution is 2.52. The van der Waals surface area contributed by atoms with Gasteiger partial charge in [-0.25, -0.2) is 0 Å². The molecule has 2 fully saturated rings. The summed E-state index contributed by atoms with van der Waals surface area (Å²) >= 11 is 0. The number of likely N-dealkylation sites (tertiary alicyclic amines) is 1. The predicted octanol–water partition coefficient (Wildman–Crippen LogP) is 13.0. The van der Waals surface area contributed by atoms with Crippen LogP contribution in [0.2, 0.25) is 0 Å². The summed E-state index contributed by atoms with van der Waals surface area (Å²) in [6.45, 7) is 44.8. The van der Waals surface area contributed by atoms with E-state index in [2.05, 4.69) is 149 Å². The average Bonchev–Trinajstić information content (AvgIpc) is 3.47. The van der Waals surface area contributed by atoms with E-state index in [0.29, 0.717) is 16.2 Å². The molecule has 1 heteroatoms. The van der Waals surface area contributed by atoms with Gasteiger partial charge in [-0.15, -0.1) is 0 Å². The van der Waals surface area contributed by atoms with Crippen LogP contribution >= 0.6 is 0 Å². The smallest absolute Gasteiger partial charge is 0.00403 e. The lowest BCUT2D eigenvalue weighted by atomic mass is 9.56. The van der Waals surface area contributed by atoms with Gasteiger partial charge in [-0.1, -0.05) is 143 Å². The highest BCUT2D eigenvalue weighted by Gasteiger charge is 2.43. The molecule has 3 rings (SSSR count). The van der Waals surface area contributed by atoms with Crippen LogP contribution in [0.5, 0.6) is 0 Å². The molecule has 1 saturated heterocycles. The van der Waals surface area contributed by atoms with E-state index in [1.807, 2.05) is 0 Å². The van der Waals surface area contributed by atoms with Gasteiger partial charge in [0.1, 0.15) is 0 Å². The number of hydrogen-bond acceptors (Lipinski definition) is 1. The fourth-order valence-electron chi connectivity index (χ4n) is 8.04. The van der Waals surface area contributed by atoms with Gasteiger partial charge in [0.25, 0.3) is 0 Å². The molecule has 2 aliphatic carbocycles. The lowest BCUT2D eigenvalue weighted by Gasteiger charge is -2.49. The average molecular weight is 590 g/mol. The third kappa shape index (κ3) is 10.4. The minimum Gasteiger partial charge on any atom is -0.306 e. The van der Waals surface area contributed by atoms with E-state index < -0.39 is 0 Å². The van der Waals surface area contributed by atoms with Crippen molar-refractivity contribution in [2.24, 2.45) is 69.0 Å². The highest BCUT2D eigenvalue weighted by atomic mass is 15.1. The summed E-state index contributed by atoms with van der Waals surface area (Å²) < 4.78 is 0. The second-order valence-corrected chi connectivity index (χ2v) is 18.0. The summed E-state index contributed by atoms with van der Waals surface area (Å²) in [5.41, 5.74) is 2.40. The second kappa shape index (κ2) is 17.4. The highest BCUT2D eigenvalue weighted by molar-refractivity contribution is 5.05. The van der Waals surface area contributed by atoms with Gasteiger partial charge in [0.15, 0.2) is 0 Å². The van der Waals surface area contributed by atoms with Gasteiger partial charge >= 0.3 is 0 Å². The Labute approximate surface area is 268 Å². The van der Waals surface area contributed by atoms with Gasteiger partial charge in [0.05, 0.1) is 0 Å². The van der Waals surface area contributed by atoms with Crippen molar-refractivity contribution >= 4 is 0 Å². The van der Waals surface area contributed by atoms with E-state index >= 15 is 0 Å². The molecule has 1 saturated carbocycles. The summed E-state index contributed by atoms with van der Waals surface area (Å²) in [5.74, 6) is 6.64. The summed E-state index contributed by atoms with van der Waals surface area (Å²) in [6, 6.07) is 0. The molecule has 1 heterocycles. The van der Waals surface area contributed by atoms with Crippen LogP contribution in [0.15, 0.2) is 12.2 Å². The standard InChI is InChI=1S/C11H23N.C11H20.C10H20.C9H20/c1-9(2)11(10(3)4)6-7-12(5)8-11;1-9(2)11(10(3)4)7-5-6-8-11;1-8(2)10(9(3)4)6-5-7-10;1-7(2)9(5,6)8(3)4/h9-10H,6-8H2,1-5H3;5-6,9-10H,7-8H2,1-4H3;8-9H,5-7H2,1-4H3;7-8H,1-6H3. The molecule has 0 atom stereocenters. The molecule has 3 aliphatic rings. The number of nitrogens with zero attached hydrogens (tertiary/aromatic N) is 1. The van der Waals surface area contributed by atoms with Crippen LogP contribution in [0.4, 0.5) is 0 Å². The molecular formula is C41H83N. The Kier molecular flexibility index (Phi) is 17.3. The maximum atomic E-state index is 2.47. The molecule has 252 valence electrons. The Bertz CT molecular complexity index is 695. The Balaban J connectivity index is 0.000000537. The molecule has 0 bridgehead atoms. The van der Waals surface area contributed by atoms with Crippen LogP contribution in [-0.4, -0.2) is 25.0 Å². The number of hydrogen-bond donors (Lipinski definition) is 0. The molecule has 0 N–H and O–H groups in total. The maximum Gasteiger partial charge on any atom is 0.00403 e. The van der Waals surface area contributed by atoms with Crippen molar-refractivity contribution in [1.29, 1.82) is 0 Å². The minimum atomic E-state index is 0.500. The third-order valence-corrected chi connectivity index (χ3v) is 13.8. The summed E-state index contributed by atoms with van der Waals surface area (Å²) in [5, 5.41) is 0. The van der Waals surface area contributed by atoms with E-state index in [4.69, 9.17) is 0 Å². The van der Waals surface area contributed by atoms with Gasteiger partial charge in [0.2, 0.25) is 0 Å². The first-order valence-corrected chi connectivity index (χ1v) is 18.4. The van der Waals surface area contributed by atoms with Crippen LogP contribution < -0.4 is 0 Å². The molecular weight excluding hydrogens is 506 g/mol. The largest absolute Gasteiger partial charge is 0.306 e. The first-order chi connectivity index (χ1) is 19.1. The molecule has 0 unspecified atom stereocenters. The van der Waals surface area contributed by atoms with Crippen molar-refractivity contribution in [3.8, 4) is 0 Å². The van der Waals surface area contributed by atoms with E-state index in [1.54, 1.807) is 0 Å². The van der Waals surface area contributed by atoms with Gasteiger partial charge in [-0.3, -0.25) is 0 Å². The molecule has 0 radical (unpaired) electrons. The quantitative estimate of drug-likeness (QED) is 0.254. The summed E-state index contributed by atoms with van der Waals surface area (Å²) in [7, 11) is 2.24. The van der Waals surface area contributed by atoms with Crippen molar-refractivity contribution < 1.29 is 0 Å². The minimum absolute atomic E-state index is 0.500. The normalized spacial score (nSPS) is 21.1. The first kappa shape index (κ1) is 41.7. The van der Waals surface area contributed by atoms with Crippen molar-refractivity contribution in [3.63, 3.8) is 0 Å².